The Hall–Kier alpha value is -3.10. The van der Waals surface area contributed by atoms with E-state index in [0.29, 0.717) is 40.5 Å². The first-order valence-corrected chi connectivity index (χ1v) is 9.91. The summed E-state index contributed by atoms with van der Waals surface area (Å²) in [5.41, 5.74) is 1.05. The maximum atomic E-state index is 12.8. The van der Waals surface area contributed by atoms with Crippen LogP contribution in [0.15, 0.2) is 52.3 Å². The Balaban J connectivity index is 1.33. The van der Waals surface area contributed by atoms with Gasteiger partial charge in [-0.25, -0.2) is 4.98 Å². The van der Waals surface area contributed by atoms with Gasteiger partial charge in [0.25, 0.3) is 5.56 Å². The van der Waals surface area contributed by atoms with Crippen molar-refractivity contribution in [1.29, 1.82) is 0 Å². The number of benzene rings is 1. The molecule has 0 spiro atoms. The Morgan fingerprint density at radius 2 is 2.03 bits per heavy atom. The minimum Gasteiger partial charge on any atom is -0.385 e. The van der Waals surface area contributed by atoms with E-state index in [9.17, 15) is 9.90 Å². The van der Waals surface area contributed by atoms with Crippen molar-refractivity contribution in [2.24, 2.45) is 0 Å². The van der Waals surface area contributed by atoms with Crippen molar-refractivity contribution >= 4 is 22.5 Å². The van der Waals surface area contributed by atoms with Crippen LogP contribution in [0.1, 0.15) is 41.6 Å². The second kappa shape index (κ2) is 7.00. The van der Waals surface area contributed by atoms with Crippen molar-refractivity contribution in [3.05, 3.63) is 81.2 Å². The molecule has 1 fully saturated rings. The smallest absolute Gasteiger partial charge is 0.262 e. The van der Waals surface area contributed by atoms with Crippen molar-refractivity contribution in [1.82, 2.24) is 24.7 Å². The Labute approximate surface area is 176 Å². The highest BCUT2D eigenvalue weighted by atomic mass is 35.5. The van der Waals surface area contributed by atoms with Crippen LogP contribution >= 0.6 is 11.6 Å². The second-order valence-corrected chi connectivity index (χ2v) is 8.15. The lowest BCUT2D eigenvalue weighted by Crippen LogP contribution is -2.40. The molecular formula is C21H18ClN5O3. The van der Waals surface area contributed by atoms with Crippen LogP contribution in [-0.2, 0) is 12.1 Å². The number of pyridine rings is 1. The summed E-state index contributed by atoms with van der Waals surface area (Å²) in [5, 5.41) is 16.0. The molecule has 1 N–H and O–H groups in total. The number of fused-ring (bicyclic) bond motifs is 1. The molecule has 0 radical (unpaired) electrons. The van der Waals surface area contributed by atoms with Gasteiger partial charge < -0.3 is 9.63 Å². The van der Waals surface area contributed by atoms with Crippen LogP contribution < -0.4 is 5.56 Å². The summed E-state index contributed by atoms with van der Waals surface area (Å²) in [7, 11) is 0. The van der Waals surface area contributed by atoms with Crippen molar-refractivity contribution in [2.75, 3.05) is 0 Å². The number of hydrogen-bond donors (Lipinski definition) is 1. The molecule has 1 aliphatic rings. The quantitative estimate of drug-likeness (QED) is 0.537. The standard InChI is InChI=1S/C21H18ClN5O3/c1-12-8-23-9-16-18(12)20(28)27(11-24-16)10-17-25-19(26-30-17)13-6-21(29,7-13)14-2-4-15(22)5-3-14/h2-5,8-9,11,13,29H,6-7,10H2,1H3/t13-,21+. The number of rotatable bonds is 4. The Bertz CT molecular complexity index is 1290. The number of nitrogens with zero attached hydrogens (tertiary/aromatic N) is 5. The van der Waals surface area contributed by atoms with Gasteiger partial charge in [0.2, 0.25) is 5.89 Å². The zero-order valence-corrected chi connectivity index (χ0v) is 16.9. The molecule has 8 nitrogen and oxygen atoms in total. The van der Waals surface area contributed by atoms with Crippen molar-refractivity contribution in [3.63, 3.8) is 0 Å². The number of halogens is 1. The zero-order chi connectivity index (χ0) is 20.9. The van der Waals surface area contributed by atoms with E-state index >= 15 is 0 Å². The highest BCUT2D eigenvalue weighted by Crippen LogP contribution is 2.50. The lowest BCUT2D eigenvalue weighted by Gasteiger charge is -2.42. The van der Waals surface area contributed by atoms with E-state index < -0.39 is 5.60 Å². The second-order valence-electron chi connectivity index (χ2n) is 7.72. The third-order valence-electron chi connectivity index (χ3n) is 5.63. The molecule has 3 heterocycles. The van der Waals surface area contributed by atoms with Crippen LogP contribution in [0.25, 0.3) is 10.9 Å². The number of aliphatic hydroxyl groups is 1. The SMILES string of the molecule is Cc1cncc2ncn(Cc3nc([C@H]4C[C@](O)(c5ccc(Cl)cc5)C4)no3)c(=O)c12. The lowest BCUT2D eigenvalue weighted by molar-refractivity contribution is -0.0573. The van der Waals surface area contributed by atoms with E-state index in [1.54, 1.807) is 24.5 Å². The fourth-order valence-corrected chi connectivity index (χ4v) is 4.07. The van der Waals surface area contributed by atoms with Gasteiger partial charge in [-0.05, 0) is 43.0 Å². The first-order chi connectivity index (χ1) is 14.4. The maximum absolute atomic E-state index is 12.8. The molecule has 0 unspecified atom stereocenters. The molecule has 0 aliphatic heterocycles. The van der Waals surface area contributed by atoms with Gasteiger partial charge in [0.1, 0.15) is 6.54 Å². The Morgan fingerprint density at radius 1 is 1.27 bits per heavy atom. The lowest BCUT2D eigenvalue weighted by atomic mass is 9.67. The third kappa shape index (κ3) is 3.18. The van der Waals surface area contributed by atoms with Crippen LogP contribution in [0.5, 0.6) is 0 Å². The van der Waals surface area contributed by atoms with E-state index in [0.717, 1.165) is 11.1 Å². The van der Waals surface area contributed by atoms with Gasteiger partial charge in [0.15, 0.2) is 5.82 Å². The Kier molecular flexibility index (Phi) is 4.41. The van der Waals surface area contributed by atoms with Gasteiger partial charge in [-0.15, -0.1) is 0 Å². The zero-order valence-electron chi connectivity index (χ0n) is 16.1. The molecule has 4 aromatic rings. The van der Waals surface area contributed by atoms with E-state index in [1.165, 1.54) is 10.9 Å². The molecule has 0 amide bonds. The normalized spacial score (nSPS) is 21.0. The summed E-state index contributed by atoms with van der Waals surface area (Å²) in [6.07, 6.45) is 5.66. The molecule has 0 atom stereocenters. The fourth-order valence-electron chi connectivity index (χ4n) is 3.95. The molecular weight excluding hydrogens is 406 g/mol. The fraction of sp³-hybridized carbons (Fsp3) is 0.286. The molecule has 1 aromatic carbocycles. The first-order valence-electron chi connectivity index (χ1n) is 9.54. The first kappa shape index (κ1) is 18.9. The highest BCUT2D eigenvalue weighted by molar-refractivity contribution is 6.30. The van der Waals surface area contributed by atoms with Crippen LogP contribution in [0.2, 0.25) is 5.02 Å². The molecule has 1 aliphatic carbocycles. The summed E-state index contributed by atoms with van der Waals surface area (Å²) in [5.74, 6) is 0.843. The maximum Gasteiger partial charge on any atom is 0.262 e. The summed E-state index contributed by atoms with van der Waals surface area (Å²) in [6, 6.07) is 7.19. The van der Waals surface area contributed by atoms with Crippen LogP contribution in [0, 0.1) is 6.92 Å². The van der Waals surface area contributed by atoms with Crippen molar-refractivity contribution in [3.8, 4) is 0 Å². The Morgan fingerprint density at radius 3 is 2.80 bits per heavy atom. The van der Waals surface area contributed by atoms with E-state index in [2.05, 4.69) is 20.1 Å². The van der Waals surface area contributed by atoms with Gasteiger partial charge in [0.05, 0.1) is 29.0 Å². The van der Waals surface area contributed by atoms with Crippen LogP contribution in [0.4, 0.5) is 0 Å². The van der Waals surface area contributed by atoms with Crippen LogP contribution in [0.3, 0.4) is 0 Å². The molecule has 3 aromatic heterocycles. The van der Waals surface area contributed by atoms with Gasteiger partial charge in [-0.1, -0.05) is 28.9 Å². The third-order valence-corrected chi connectivity index (χ3v) is 5.88. The molecule has 0 saturated heterocycles. The van der Waals surface area contributed by atoms with E-state index in [4.69, 9.17) is 16.1 Å². The number of hydrogen-bond acceptors (Lipinski definition) is 7. The molecule has 9 heteroatoms. The molecule has 1 saturated carbocycles. The molecule has 5 rings (SSSR count). The predicted molar refractivity (Wildman–Crippen MR) is 109 cm³/mol. The average molecular weight is 424 g/mol. The monoisotopic (exact) mass is 423 g/mol. The van der Waals surface area contributed by atoms with E-state index in [-0.39, 0.29) is 18.0 Å². The van der Waals surface area contributed by atoms with Gasteiger partial charge >= 0.3 is 0 Å². The number of aryl methyl sites for hydroxylation is 1. The molecule has 0 bridgehead atoms. The highest BCUT2D eigenvalue weighted by Gasteiger charge is 2.46. The molecule has 30 heavy (non-hydrogen) atoms. The van der Waals surface area contributed by atoms with Gasteiger partial charge in [0, 0.05) is 17.1 Å². The van der Waals surface area contributed by atoms with E-state index in [1.807, 2.05) is 19.1 Å². The average Bonchev–Trinajstić information content (AvgIpc) is 3.16. The van der Waals surface area contributed by atoms with Crippen molar-refractivity contribution in [2.45, 2.75) is 37.8 Å². The topological polar surface area (TPSA) is 107 Å². The summed E-state index contributed by atoms with van der Waals surface area (Å²) in [4.78, 5) is 25.6. The van der Waals surface area contributed by atoms with Crippen LogP contribution in [-0.4, -0.2) is 29.8 Å². The predicted octanol–water partition coefficient (Wildman–Crippen LogP) is 2.95. The van der Waals surface area contributed by atoms with Gasteiger partial charge in [-0.3, -0.25) is 14.3 Å². The largest absolute Gasteiger partial charge is 0.385 e. The van der Waals surface area contributed by atoms with Crippen molar-refractivity contribution < 1.29 is 9.63 Å². The minimum atomic E-state index is -0.916. The molecule has 152 valence electrons. The summed E-state index contributed by atoms with van der Waals surface area (Å²) in [6.45, 7) is 1.96. The van der Waals surface area contributed by atoms with Gasteiger partial charge in [-0.2, -0.15) is 4.98 Å². The minimum absolute atomic E-state index is 0.0112. The number of aromatic nitrogens is 5. The summed E-state index contributed by atoms with van der Waals surface area (Å²) >= 11 is 5.92. The summed E-state index contributed by atoms with van der Waals surface area (Å²) < 4.78 is 6.79.